The van der Waals surface area contributed by atoms with Crippen molar-refractivity contribution in [1.82, 2.24) is 4.98 Å². The molecule has 0 saturated heterocycles. The molecule has 0 atom stereocenters. The molecule has 0 saturated carbocycles. The van der Waals surface area contributed by atoms with Crippen LogP contribution in [0.4, 0.5) is 17.1 Å². The molecule has 42 heavy (non-hydrogen) atoms. The predicted octanol–water partition coefficient (Wildman–Crippen LogP) is 7.12. The zero-order valence-corrected chi connectivity index (χ0v) is 22.9. The summed E-state index contributed by atoms with van der Waals surface area (Å²) >= 11 is 0. The number of H-pyrrole nitrogens is 1. The Labute approximate surface area is 244 Å². The molecular formula is C34H29N7O. The van der Waals surface area contributed by atoms with Crippen LogP contribution in [0.1, 0.15) is 29.5 Å². The third-order valence-corrected chi connectivity index (χ3v) is 6.97. The smallest absolute Gasteiger partial charge is 0.224 e. The Kier molecular flexibility index (Phi) is 8.27. The number of nitrogens with one attached hydrogen (secondary N) is 3. The monoisotopic (exact) mass is 551 g/mol. The molecule has 4 aromatic carbocycles. The van der Waals surface area contributed by atoms with E-state index in [0.29, 0.717) is 30.0 Å². The van der Waals surface area contributed by atoms with Crippen molar-refractivity contribution >= 4 is 39.7 Å². The lowest BCUT2D eigenvalue weighted by Crippen LogP contribution is -2.22. The van der Waals surface area contributed by atoms with E-state index in [2.05, 4.69) is 50.4 Å². The largest absolute Gasteiger partial charge is 0.388 e. The van der Waals surface area contributed by atoms with Crippen molar-refractivity contribution in [3.05, 3.63) is 125 Å². The SMILES string of the molecule is [C-]#[N+]c1ccc(CN(Cc2ccc(C#N)cc2)c2ccc3[nH]c(-c4ccc(NC(=O)CCC(=N)N)cc4)cc3c2)cc1. The zero-order valence-electron chi connectivity index (χ0n) is 22.9. The Morgan fingerprint density at radius 2 is 1.60 bits per heavy atom. The summed E-state index contributed by atoms with van der Waals surface area (Å²) in [5.74, 6) is -0.181. The second-order valence-electron chi connectivity index (χ2n) is 10.0. The summed E-state index contributed by atoms with van der Waals surface area (Å²) in [5, 5.41) is 20.4. The van der Waals surface area contributed by atoms with Crippen molar-refractivity contribution in [3.8, 4) is 17.3 Å². The number of hydrogen-bond donors (Lipinski definition) is 4. The minimum absolute atomic E-state index is 0.00453. The molecular weight excluding hydrogens is 522 g/mol. The average molecular weight is 552 g/mol. The maximum atomic E-state index is 12.1. The first-order valence-electron chi connectivity index (χ1n) is 13.5. The number of benzene rings is 4. The fraction of sp³-hybridized carbons (Fsp3) is 0.118. The molecule has 1 heterocycles. The number of anilines is 2. The number of nitrogens with two attached hydrogens (primary N) is 1. The van der Waals surface area contributed by atoms with Crippen molar-refractivity contribution in [2.24, 2.45) is 5.73 Å². The van der Waals surface area contributed by atoms with Gasteiger partial charge in [-0.25, -0.2) is 4.85 Å². The summed E-state index contributed by atoms with van der Waals surface area (Å²) in [6.07, 6.45) is 0.413. The summed E-state index contributed by atoms with van der Waals surface area (Å²) < 4.78 is 0. The van der Waals surface area contributed by atoms with Gasteiger partial charge >= 0.3 is 0 Å². The van der Waals surface area contributed by atoms with E-state index in [-0.39, 0.29) is 24.6 Å². The Morgan fingerprint density at radius 3 is 2.21 bits per heavy atom. The second kappa shape index (κ2) is 12.5. The number of carbonyl (C=O) groups excluding carboxylic acids is 1. The van der Waals surface area contributed by atoms with Crippen LogP contribution in [0.15, 0.2) is 97.1 Å². The van der Waals surface area contributed by atoms with Gasteiger partial charge in [-0.05, 0) is 65.2 Å². The van der Waals surface area contributed by atoms with E-state index >= 15 is 0 Å². The minimum atomic E-state index is -0.177. The van der Waals surface area contributed by atoms with E-state index in [0.717, 1.165) is 39.0 Å². The van der Waals surface area contributed by atoms with Crippen LogP contribution in [0.2, 0.25) is 0 Å². The predicted molar refractivity (Wildman–Crippen MR) is 167 cm³/mol. The Hall–Kier alpha value is -5.86. The molecule has 0 unspecified atom stereocenters. The molecule has 1 aromatic heterocycles. The highest BCUT2D eigenvalue weighted by Gasteiger charge is 2.12. The first kappa shape index (κ1) is 27.7. The molecule has 5 N–H and O–H groups in total. The number of amidine groups is 1. The molecule has 0 radical (unpaired) electrons. The normalized spacial score (nSPS) is 10.5. The van der Waals surface area contributed by atoms with E-state index in [9.17, 15) is 10.1 Å². The molecule has 8 nitrogen and oxygen atoms in total. The molecule has 5 aromatic rings. The van der Waals surface area contributed by atoms with Gasteiger partial charge in [0, 0.05) is 53.9 Å². The highest BCUT2D eigenvalue weighted by atomic mass is 16.1. The van der Waals surface area contributed by atoms with Crippen LogP contribution < -0.4 is 16.0 Å². The van der Waals surface area contributed by atoms with Crippen molar-refractivity contribution in [3.63, 3.8) is 0 Å². The van der Waals surface area contributed by atoms with E-state index < -0.39 is 0 Å². The fourth-order valence-electron chi connectivity index (χ4n) is 4.72. The summed E-state index contributed by atoms with van der Waals surface area (Å²) in [7, 11) is 0. The first-order chi connectivity index (χ1) is 20.4. The van der Waals surface area contributed by atoms with Crippen LogP contribution >= 0.6 is 0 Å². The molecule has 5 rings (SSSR count). The van der Waals surface area contributed by atoms with E-state index in [4.69, 9.17) is 17.7 Å². The van der Waals surface area contributed by atoms with E-state index in [1.807, 2.05) is 72.8 Å². The van der Waals surface area contributed by atoms with Crippen molar-refractivity contribution in [2.75, 3.05) is 10.2 Å². The molecule has 1 amide bonds. The van der Waals surface area contributed by atoms with Gasteiger partial charge in [0.05, 0.1) is 24.0 Å². The van der Waals surface area contributed by atoms with E-state index in [1.165, 1.54) is 0 Å². The quantitative estimate of drug-likeness (QED) is 0.0837. The number of fused-ring (bicyclic) bond motifs is 1. The first-order valence-corrected chi connectivity index (χ1v) is 13.5. The second-order valence-corrected chi connectivity index (χ2v) is 10.0. The number of aromatic nitrogens is 1. The Bertz CT molecular complexity index is 1750. The summed E-state index contributed by atoms with van der Waals surface area (Å²) in [6, 6.07) is 33.5. The number of rotatable bonds is 10. The maximum absolute atomic E-state index is 12.1. The fourth-order valence-corrected chi connectivity index (χ4v) is 4.72. The van der Waals surface area contributed by atoms with Crippen molar-refractivity contribution in [2.45, 2.75) is 25.9 Å². The van der Waals surface area contributed by atoms with Crippen molar-refractivity contribution < 1.29 is 4.79 Å². The topological polar surface area (TPSA) is 126 Å². The molecule has 0 spiro atoms. The highest BCUT2D eigenvalue weighted by molar-refractivity contribution is 5.94. The molecule has 0 bridgehead atoms. The third-order valence-electron chi connectivity index (χ3n) is 6.97. The van der Waals surface area contributed by atoms with Gasteiger partial charge in [-0.15, -0.1) is 0 Å². The summed E-state index contributed by atoms with van der Waals surface area (Å²) in [5.41, 5.74) is 13.5. The van der Waals surface area contributed by atoms with Gasteiger partial charge in [-0.1, -0.05) is 48.5 Å². The Balaban J connectivity index is 1.38. The van der Waals surface area contributed by atoms with Gasteiger partial charge in [-0.2, -0.15) is 5.26 Å². The number of amides is 1. The minimum Gasteiger partial charge on any atom is -0.388 e. The van der Waals surface area contributed by atoms with Crippen molar-refractivity contribution in [1.29, 1.82) is 10.7 Å². The van der Waals surface area contributed by atoms with Gasteiger partial charge in [0.2, 0.25) is 5.91 Å². The standard InChI is InChI=1S/C34H29N7O/c1-38-28-10-6-25(7-11-28)22-41(21-24-4-2-23(20-35)3-5-24)30-14-15-31-27(18-30)19-32(40-31)26-8-12-29(13-9-26)39-34(42)17-16-33(36)37/h2-15,18-19,40H,16-17,21-22H2,(H3,36,37)(H,39,42). The van der Waals surface area contributed by atoms with Gasteiger partial charge in [0.15, 0.2) is 5.69 Å². The van der Waals surface area contributed by atoms with Crippen LogP contribution in [0.3, 0.4) is 0 Å². The lowest BCUT2D eigenvalue weighted by Gasteiger charge is -2.25. The van der Waals surface area contributed by atoms with Gasteiger partial charge in [0.25, 0.3) is 0 Å². The summed E-state index contributed by atoms with van der Waals surface area (Å²) in [4.78, 5) is 21.3. The number of nitrogens with zero attached hydrogens (tertiary/aromatic N) is 3. The van der Waals surface area contributed by atoms with Crippen LogP contribution in [0.5, 0.6) is 0 Å². The van der Waals surface area contributed by atoms with Crippen LogP contribution in [0, 0.1) is 23.3 Å². The number of hydrogen-bond acceptors (Lipinski definition) is 4. The highest BCUT2D eigenvalue weighted by Crippen LogP contribution is 2.30. The van der Waals surface area contributed by atoms with Gasteiger partial charge in [-0.3, -0.25) is 10.2 Å². The molecule has 0 aliphatic rings. The lowest BCUT2D eigenvalue weighted by molar-refractivity contribution is -0.116. The Morgan fingerprint density at radius 1 is 0.929 bits per heavy atom. The third kappa shape index (κ3) is 6.82. The number of aromatic amines is 1. The van der Waals surface area contributed by atoms with Gasteiger partial charge in [0.1, 0.15) is 0 Å². The number of nitriles is 1. The zero-order chi connectivity index (χ0) is 29.5. The maximum Gasteiger partial charge on any atom is 0.224 e. The molecule has 0 aliphatic carbocycles. The molecule has 0 fully saturated rings. The molecule has 0 aliphatic heterocycles. The van der Waals surface area contributed by atoms with Gasteiger partial charge < -0.3 is 20.9 Å². The molecule has 8 heteroatoms. The summed E-state index contributed by atoms with van der Waals surface area (Å²) in [6.45, 7) is 8.55. The van der Waals surface area contributed by atoms with Crippen LogP contribution in [-0.2, 0) is 17.9 Å². The average Bonchev–Trinajstić information content (AvgIpc) is 3.44. The molecule has 206 valence electrons. The van der Waals surface area contributed by atoms with Crippen LogP contribution in [-0.4, -0.2) is 16.7 Å². The van der Waals surface area contributed by atoms with E-state index in [1.54, 1.807) is 0 Å². The van der Waals surface area contributed by atoms with Crippen LogP contribution in [0.25, 0.3) is 27.0 Å². The lowest BCUT2D eigenvalue weighted by atomic mass is 10.1. The number of carbonyl (C=O) groups is 1.